The van der Waals surface area contributed by atoms with Gasteiger partial charge in [-0.3, -0.25) is 9.59 Å². The van der Waals surface area contributed by atoms with Crippen molar-refractivity contribution in [1.82, 2.24) is 4.98 Å². The molecule has 0 spiro atoms. The third-order valence-electron chi connectivity index (χ3n) is 4.01. The summed E-state index contributed by atoms with van der Waals surface area (Å²) in [5, 5.41) is 0. The molecule has 1 saturated heterocycles. The molecule has 0 aliphatic carbocycles. The van der Waals surface area contributed by atoms with Gasteiger partial charge in [-0.1, -0.05) is 6.07 Å². The molecule has 1 aromatic heterocycles. The van der Waals surface area contributed by atoms with E-state index in [0.29, 0.717) is 12.3 Å². The summed E-state index contributed by atoms with van der Waals surface area (Å²) in [5.41, 5.74) is 4.93. The first-order chi connectivity index (χ1) is 11.0. The van der Waals surface area contributed by atoms with Gasteiger partial charge in [-0.05, 0) is 59.7 Å². The first kappa shape index (κ1) is 17.7. The van der Waals surface area contributed by atoms with Crippen molar-refractivity contribution in [2.24, 2.45) is 11.7 Å². The van der Waals surface area contributed by atoms with E-state index in [2.05, 4.69) is 25.8 Å². The fourth-order valence-electron chi connectivity index (χ4n) is 2.78. The van der Waals surface area contributed by atoms with Crippen LogP contribution in [-0.2, 0) is 14.3 Å². The van der Waals surface area contributed by atoms with Gasteiger partial charge in [0.25, 0.3) is 5.91 Å². The Balaban J connectivity index is 1.65. The maximum Gasteiger partial charge on any atom is 0.306 e. The highest BCUT2D eigenvalue weighted by molar-refractivity contribution is 9.10. The van der Waals surface area contributed by atoms with Gasteiger partial charge in [-0.25, -0.2) is 4.98 Å². The van der Waals surface area contributed by atoms with Gasteiger partial charge in [0.2, 0.25) is 0 Å². The van der Waals surface area contributed by atoms with Crippen LogP contribution in [0.25, 0.3) is 0 Å². The normalized spacial score (nSPS) is 15.4. The number of esters is 1. The van der Waals surface area contributed by atoms with Crippen molar-refractivity contribution < 1.29 is 14.3 Å². The number of rotatable bonds is 7. The van der Waals surface area contributed by atoms with Crippen LogP contribution in [0.2, 0.25) is 0 Å². The van der Waals surface area contributed by atoms with Crippen LogP contribution in [0.5, 0.6) is 0 Å². The summed E-state index contributed by atoms with van der Waals surface area (Å²) in [6.07, 6.45) is 4.35. The lowest BCUT2D eigenvalue weighted by Gasteiger charge is -2.32. The molecule has 7 heteroatoms. The Morgan fingerprint density at radius 2 is 2.09 bits per heavy atom. The Labute approximate surface area is 144 Å². The highest BCUT2D eigenvalue weighted by Gasteiger charge is 2.20. The number of piperidine rings is 1. The number of nitrogens with zero attached hydrogens (tertiary/aromatic N) is 2. The summed E-state index contributed by atoms with van der Waals surface area (Å²) >= 11 is 3.40. The monoisotopic (exact) mass is 383 g/mol. The first-order valence-electron chi connectivity index (χ1n) is 7.86. The van der Waals surface area contributed by atoms with E-state index in [1.54, 1.807) is 0 Å². The minimum atomic E-state index is -0.619. The maximum atomic E-state index is 11.4. The quantitative estimate of drug-likeness (QED) is 0.576. The second kappa shape index (κ2) is 8.86. The number of hydrogen-bond donors (Lipinski definition) is 1. The van der Waals surface area contributed by atoms with Gasteiger partial charge in [-0.15, -0.1) is 0 Å². The van der Waals surface area contributed by atoms with E-state index in [4.69, 9.17) is 10.5 Å². The van der Waals surface area contributed by atoms with Gasteiger partial charge < -0.3 is 15.4 Å². The van der Waals surface area contributed by atoms with E-state index in [0.717, 1.165) is 49.2 Å². The predicted octanol–water partition coefficient (Wildman–Crippen LogP) is 2.26. The van der Waals surface area contributed by atoms with Crippen LogP contribution >= 0.6 is 15.9 Å². The molecule has 1 aromatic rings. The number of carbonyl (C=O) groups excluding carboxylic acids is 2. The third kappa shape index (κ3) is 6.17. The highest BCUT2D eigenvalue weighted by Crippen LogP contribution is 2.26. The third-order valence-corrected chi connectivity index (χ3v) is 4.45. The van der Waals surface area contributed by atoms with E-state index < -0.39 is 5.91 Å². The molecule has 1 aliphatic rings. The molecular weight excluding hydrogens is 362 g/mol. The molecule has 2 N–H and O–H groups in total. The summed E-state index contributed by atoms with van der Waals surface area (Å²) in [6.45, 7) is 1.65. The number of primary amides is 1. The molecule has 0 unspecified atom stereocenters. The Bertz CT molecular complexity index is 545. The van der Waals surface area contributed by atoms with Crippen molar-refractivity contribution >= 4 is 33.6 Å². The number of halogens is 1. The summed E-state index contributed by atoms with van der Waals surface area (Å²) in [7, 11) is 0. The number of aromatic nitrogens is 1. The van der Waals surface area contributed by atoms with Crippen LogP contribution < -0.4 is 10.6 Å². The van der Waals surface area contributed by atoms with Gasteiger partial charge in [0.05, 0.1) is 0 Å². The zero-order valence-corrected chi connectivity index (χ0v) is 14.6. The average molecular weight is 384 g/mol. The van der Waals surface area contributed by atoms with Gasteiger partial charge >= 0.3 is 5.97 Å². The van der Waals surface area contributed by atoms with Crippen molar-refractivity contribution in [2.45, 2.75) is 32.1 Å². The molecule has 0 atom stereocenters. The van der Waals surface area contributed by atoms with Crippen LogP contribution in [-0.4, -0.2) is 36.6 Å². The molecule has 0 aromatic carbocycles. The fourth-order valence-corrected chi connectivity index (χ4v) is 3.12. The van der Waals surface area contributed by atoms with Crippen LogP contribution in [0.1, 0.15) is 32.1 Å². The lowest BCUT2D eigenvalue weighted by molar-refractivity contribution is -0.147. The van der Waals surface area contributed by atoms with Crippen LogP contribution in [0, 0.1) is 5.92 Å². The Morgan fingerprint density at radius 3 is 2.74 bits per heavy atom. The molecule has 2 heterocycles. The Kier molecular flexibility index (Phi) is 6.83. The summed E-state index contributed by atoms with van der Waals surface area (Å²) in [4.78, 5) is 28.7. The smallest absolute Gasteiger partial charge is 0.306 e. The number of amides is 1. The van der Waals surface area contributed by atoms with E-state index in [1.165, 1.54) is 0 Å². The summed E-state index contributed by atoms with van der Waals surface area (Å²) in [5.74, 6) is 0.668. The SMILES string of the molecule is NC(=O)COC(=O)CCCC1CCN(c2cccc(Br)n2)CC1. The average Bonchev–Trinajstić information content (AvgIpc) is 2.53. The molecule has 23 heavy (non-hydrogen) atoms. The Morgan fingerprint density at radius 1 is 1.35 bits per heavy atom. The molecule has 0 saturated carbocycles. The number of ether oxygens (including phenoxy) is 1. The highest BCUT2D eigenvalue weighted by atomic mass is 79.9. The van der Waals surface area contributed by atoms with E-state index in [1.807, 2.05) is 18.2 Å². The van der Waals surface area contributed by atoms with Gasteiger partial charge in [0.1, 0.15) is 10.4 Å². The lowest BCUT2D eigenvalue weighted by atomic mass is 9.91. The van der Waals surface area contributed by atoms with E-state index in [9.17, 15) is 9.59 Å². The number of pyridine rings is 1. The lowest BCUT2D eigenvalue weighted by Crippen LogP contribution is -2.34. The van der Waals surface area contributed by atoms with E-state index in [-0.39, 0.29) is 12.6 Å². The number of carbonyl (C=O) groups is 2. The van der Waals surface area contributed by atoms with Crippen molar-refractivity contribution in [3.63, 3.8) is 0 Å². The minimum Gasteiger partial charge on any atom is -0.456 e. The molecule has 1 fully saturated rings. The van der Waals surface area contributed by atoms with Crippen LogP contribution in [0.4, 0.5) is 5.82 Å². The first-order valence-corrected chi connectivity index (χ1v) is 8.65. The molecule has 6 nitrogen and oxygen atoms in total. The molecule has 0 bridgehead atoms. The van der Waals surface area contributed by atoms with Crippen LogP contribution in [0.3, 0.4) is 0 Å². The van der Waals surface area contributed by atoms with Crippen molar-refractivity contribution in [3.05, 3.63) is 22.8 Å². The predicted molar refractivity (Wildman–Crippen MR) is 90.9 cm³/mol. The second-order valence-corrected chi connectivity index (χ2v) is 6.58. The second-order valence-electron chi connectivity index (χ2n) is 5.77. The largest absolute Gasteiger partial charge is 0.456 e. The zero-order valence-electron chi connectivity index (χ0n) is 13.0. The molecule has 2 rings (SSSR count). The summed E-state index contributed by atoms with van der Waals surface area (Å²) < 4.78 is 5.60. The molecule has 1 aliphatic heterocycles. The standard InChI is InChI=1S/C16H22BrN3O3/c17-13-4-2-5-15(19-13)20-9-7-12(8-10-20)3-1-6-16(22)23-11-14(18)21/h2,4-5,12H,1,3,6-11H2,(H2,18,21). The van der Waals surface area contributed by atoms with Gasteiger partial charge in [-0.2, -0.15) is 0 Å². The van der Waals surface area contributed by atoms with Crippen LogP contribution in [0.15, 0.2) is 22.8 Å². The summed E-state index contributed by atoms with van der Waals surface area (Å²) in [6, 6.07) is 5.95. The van der Waals surface area contributed by atoms with Crippen molar-refractivity contribution in [3.8, 4) is 0 Å². The molecule has 0 radical (unpaired) electrons. The maximum absolute atomic E-state index is 11.4. The fraction of sp³-hybridized carbons (Fsp3) is 0.562. The number of hydrogen-bond acceptors (Lipinski definition) is 5. The Hall–Kier alpha value is -1.63. The van der Waals surface area contributed by atoms with Gasteiger partial charge in [0.15, 0.2) is 6.61 Å². The molecule has 126 valence electrons. The van der Waals surface area contributed by atoms with E-state index >= 15 is 0 Å². The molecule has 1 amide bonds. The van der Waals surface area contributed by atoms with Crippen molar-refractivity contribution in [2.75, 3.05) is 24.6 Å². The minimum absolute atomic E-state index is 0.323. The van der Waals surface area contributed by atoms with Gasteiger partial charge in [0, 0.05) is 19.5 Å². The number of nitrogens with two attached hydrogens (primary N) is 1. The number of anilines is 1. The zero-order chi connectivity index (χ0) is 16.7. The topological polar surface area (TPSA) is 85.5 Å². The van der Waals surface area contributed by atoms with Crippen molar-refractivity contribution in [1.29, 1.82) is 0 Å². The molecular formula is C16H22BrN3O3.